The topological polar surface area (TPSA) is 38.3 Å². The van der Waals surface area contributed by atoms with Crippen molar-refractivity contribution >= 4 is 6.09 Å². The fraction of sp³-hybridized carbons (Fsp3) is 0.235. The van der Waals surface area contributed by atoms with Gasteiger partial charge in [0, 0.05) is 0 Å². The van der Waals surface area contributed by atoms with Gasteiger partial charge in [0.1, 0.15) is 11.9 Å². The molecule has 1 saturated heterocycles. The van der Waals surface area contributed by atoms with Gasteiger partial charge in [-0.05, 0) is 41.8 Å². The van der Waals surface area contributed by atoms with Gasteiger partial charge in [-0.1, -0.05) is 24.3 Å². The van der Waals surface area contributed by atoms with E-state index < -0.39 is 35.8 Å². The molecule has 1 heterocycles. The Morgan fingerprint density at radius 1 is 1.00 bits per heavy atom. The van der Waals surface area contributed by atoms with Crippen LogP contribution in [-0.2, 0) is 17.3 Å². The molecule has 0 bridgehead atoms. The molecule has 1 amide bonds. The van der Waals surface area contributed by atoms with E-state index in [0.29, 0.717) is 17.5 Å². The van der Waals surface area contributed by atoms with E-state index in [-0.39, 0.29) is 0 Å². The van der Waals surface area contributed by atoms with Crippen LogP contribution < -0.4 is 5.32 Å². The molecule has 7 heteroatoms. The molecule has 2 unspecified atom stereocenters. The molecule has 2 aromatic carbocycles. The van der Waals surface area contributed by atoms with Crippen molar-refractivity contribution in [2.45, 2.75) is 24.7 Å². The number of alkyl halides is 3. The Labute approximate surface area is 135 Å². The molecule has 24 heavy (non-hydrogen) atoms. The van der Waals surface area contributed by atoms with Gasteiger partial charge in [0.25, 0.3) is 0 Å². The average molecular weight is 339 g/mol. The highest BCUT2D eigenvalue weighted by atomic mass is 19.4. The van der Waals surface area contributed by atoms with Crippen LogP contribution in [-0.4, -0.2) is 12.1 Å². The maximum atomic E-state index is 13.0. The van der Waals surface area contributed by atoms with Gasteiger partial charge in [0.2, 0.25) is 0 Å². The maximum absolute atomic E-state index is 13.0. The minimum absolute atomic E-state index is 0.298. The maximum Gasteiger partial charge on any atom is 0.416 e. The molecule has 3 nitrogen and oxygen atoms in total. The Balaban J connectivity index is 1.77. The molecule has 0 aliphatic carbocycles. The van der Waals surface area contributed by atoms with Gasteiger partial charge >= 0.3 is 12.3 Å². The number of hydrogen-bond acceptors (Lipinski definition) is 2. The van der Waals surface area contributed by atoms with Crippen molar-refractivity contribution in [1.29, 1.82) is 0 Å². The molecule has 2 aromatic rings. The number of hydrogen-bond donors (Lipinski definition) is 1. The second kappa shape index (κ2) is 6.14. The van der Waals surface area contributed by atoms with Crippen molar-refractivity contribution in [3.05, 3.63) is 71.0 Å². The van der Waals surface area contributed by atoms with Gasteiger partial charge in [-0.25, -0.2) is 9.18 Å². The summed E-state index contributed by atoms with van der Waals surface area (Å²) in [5, 5.41) is 2.63. The third-order valence-corrected chi connectivity index (χ3v) is 3.84. The summed E-state index contributed by atoms with van der Waals surface area (Å²) in [5.41, 5.74) is 0.519. The van der Waals surface area contributed by atoms with Gasteiger partial charge < -0.3 is 10.1 Å². The highest BCUT2D eigenvalue weighted by Gasteiger charge is 2.35. The molecule has 3 rings (SSSR count). The number of carbonyl (C=O) groups is 1. The van der Waals surface area contributed by atoms with E-state index in [4.69, 9.17) is 4.74 Å². The highest BCUT2D eigenvalue weighted by Crippen LogP contribution is 2.31. The first-order valence-corrected chi connectivity index (χ1v) is 7.22. The van der Waals surface area contributed by atoms with Crippen LogP contribution in [0.2, 0.25) is 0 Å². The quantitative estimate of drug-likeness (QED) is 0.850. The number of ether oxygens (including phenoxy) is 1. The second-order valence-corrected chi connectivity index (χ2v) is 5.53. The molecule has 0 saturated carbocycles. The molecule has 2 atom stereocenters. The van der Waals surface area contributed by atoms with Crippen LogP contribution in [0.25, 0.3) is 0 Å². The molecule has 1 N–H and O–H groups in total. The van der Waals surface area contributed by atoms with Crippen LogP contribution in [0.1, 0.15) is 22.8 Å². The molecule has 1 aliphatic heterocycles. The van der Waals surface area contributed by atoms with Crippen molar-refractivity contribution in [2.75, 3.05) is 0 Å². The van der Waals surface area contributed by atoms with Gasteiger partial charge in [-0.2, -0.15) is 13.2 Å². The lowest BCUT2D eigenvalue weighted by molar-refractivity contribution is -0.137. The first kappa shape index (κ1) is 16.3. The van der Waals surface area contributed by atoms with Crippen LogP contribution in [0.3, 0.4) is 0 Å². The van der Waals surface area contributed by atoms with E-state index in [2.05, 4.69) is 5.32 Å². The summed E-state index contributed by atoms with van der Waals surface area (Å²) in [4.78, 5) is 11.5. The molecule has 0 aromatic heterocycles. The molecule has 126 valence electrons. The van der Waals surface area contributed by atoms with Gasteiger partial charge in [0.05, 0.1) is 11.6 Å². The zero-order chi connectivity index (χ0) is 17.3. The fourth-order valence-electron chi connectivity index (χ4n) is 2.65. The number of cyclic esters (lactones) is 1. The summed E-state index contributed by atoms with van der Waals surface area (Å²) in [6.45, 7) is 0. The number of rotatable bonds is 3. The number of benzene rings is 2. The lowest BCUT2D eigenvalue weighted by Crippen LogP contribution is -2.30. The van der Waals surface area contributed by atoms with E-state index in [1.165, 1.54) is 36.4 Å². The molecule has 0 radical (unpaired) electrons. The van der Waals surface area contributed by atoms with E-state index in [0.717, 1.165) is 12.1 Å². The van der Waals surface area contributed by atoms with Crippen LogP contribution in [0.15, 0.2) is 48.5 Å². The summed E-state index contributed by atoms with van der Waals surface area (Å²) in [6.07, 6.45) is -5.33. The first-order valence-electron chi connectivity index (χ1n) is 7.22. The van der Waals surface area contributed by atoms with Crippen molar-refractivity contribution in [2.24, 2.45) is 0 Å². The summed E-state index contributed by atoms with van der Waals surface area (Å²) < 4.78 is 56.0. The van der Waals surface area contributed by atoms with Gasteiger partial charge in [0.15, 0.2) is 0 Å². The molecule has 1 aliphatic rings. The smallest absolute Gasteiger partial charge is 0.416 e. The predicted octanol–water partition coefficient (Wildman–Crippen LogP) is 4.24. The number of carbonyl (C=O) groups excluding carboxylic acids is 1. The molecular formula is C17H13F4NO2. The first-order chi connectivity index (χ1) is 11.3. The Kier molecular flexibility index (Phi) is 4.17. The summed E-state index contributed by atoms with van der Waals surface area (Å²) in [5.74, 6) is -0.407. The molecule has 0 spiro atoms. The minimum Gasteiger partial charge on any atom is -0.439 e. The van der Waals surface area contributed by atoms with Crippen LogP contribution in [0.4, 0.5) is 22.4 Å². The Hall–Kier alpha value is -2.57. The average Bonchev–Trinajstić information content (AvgIpc) is 2.88. The van der Waals surface area contributed by atoms with Crippen LogP contribution in [0.5, 0.6) is 0 Å². The predicted molar refractivity (Wildman–Crippen MR) is 77.7 cm³/mol. The molecule has 1 fully saturated rings. The number of halogens is 4. The Bertz CT molecular complexity index is 726. The van der Waals surface area contributed by atoms with Crippen LogP contribution >= 0.6 is 0 Å². The number of nitrogens with one attached hydrogen (secondary N) is 1. The lowest BCUT2D eigenvalue weighted by Gasteiger charge is -2.17. The standard InChI is InChI=1S/C17H13F4NO2/c18-13-7-3-11(4-8-13)15-14(22-16(23)24-15)9-10-1-5-12(6-2-10)17(19,20)21/h1-8,14-15H,9H2,(H,22,23). The summed E-state index contributed by atoms with van der Waals surface area (Å²) in [6, 6.07) is 9.84. The van der Waals surface area contributed by atoms with E-state index >= 15 is 0 Å². The SMILES string of the molecule is O=C1NC(Cc2ccc(C(F)(F)F)cc2)C(c2ccc(F)cc2)O1. The fourth-order valence-corrected chi connectivity index (χ4v) is 2.65. The van der Waals surface area contributed by atoms with Crippen molar-refractivity contribution in [1.82, 2.24) is 5.32 Å². The summed E-state index contributed by atoms with van der Waals surface area (Å²) >= 11 is 0. The number of amides is 1. The van der Waals surface area contributed by atoms with E-state index in [1.807, 2.05) is 0 Å². The van der Waals surface area contributed by atoms with Gasteiger partial charge in [-0.15, -0.1) is 0 Å². The lowest BCUT2D eigenvalue weighted by atomic mass is 9.96. The van der Waals surface area contributed by atoms with Crippen molar-refractivity contribution in [3.8, 4) is 0 Å². The van der Waals surface area contributed by atoms with Crippen molar-refractivity contribution < 1.29 is 27.1 Å². The summed E-state index contributed by atoms with van der Waals surface area (Å²) in [7, 11) is 0. The second-order valence-electron chi connectivity index (χ2n) is 5.53. The monoisotopic (exact) mass is 339 g/mol. The zero-order valence-corrected chi connectivity index (χ0v) is 12.3. The van der Waals surface area contributed by atoms with Crippen LogP contribution in [0, 0.1) is 5.82 Å². The number of alkyl carbamates (subject to hydrolysis) is 1. The Morgan fingerprint density at radius 3 is 2.21 bits per heavy atom. The van der Waals surface area contributed by atoms with Gasteiger partial charge in [-0.3, -0.25) is 0 Å². The highest BCUT2D eigenvalue weighted by molar-refractivity contribution is 5.70. The Morgan fingerprint density at radius 2 is 1.62 bits per heavy atom. The van der Waals surface area contributed by atoms with Crippen molar-refractivity contribution in [3.63, 3.8) is 0 Å². The third-order valence-electron chi connectivity index (χ3n) is 3.84. The third kappa shape index (κ3) is 3.50. The largest absolute Gasteiger partial charge is 0.439 e. The molecular weight excluding hydrogens is 326 g/mol. The zero-order valence-electron chi connectivity index (χ0n) is 12.3. The normalized spacial score (nSPS) is 20.6. The van der Waals surface area contributed by atoms with E-state index in [9.17, 15) is 22.4 Å². The minimum atomic E-state index is -4.39. The van der Waals surface area contributed by atoms with E-state index in [1.54, 1.807) is 0 Å².